The van der Waals surface area contributed by atoms with Crippen LogP contribution < -0.4 is 0 Å². The fraction of sp³-hybridized carbons (Fsp3) is 0.167. The molecule has 0 saturated heterocycles. The van der Waals surface area contributed by atoms with Crippen LogP contribution in [0.15, 0.2) is 24.3 Å². The first kappa shape index (κ1) is 11.9. The molecule has 1 aromatic heterocycles. The van der Waals surface area contributed by atoms with Crippen molar-refractivity contribution in [1.29, 1.82) is 0 Å². The zero-order valence-electron chi connectivity index (χ0n) is 9.04. The molecule has 5 heteroatoms. The van der Waals surface area contributed by atoms with E-state index in [0.29, 0.717) is 17.1 Å². The van der Waals surface area contributed by atoms with Crippen molar-refractivity contribution in [1.82, 2.24) is 9.97 Å². The summed E-state index contributed by atoms with van der Waals surface area (Å²) in [6, 6.07) is 5.35. The molecule has 0 radical (unpaired) electrons. The predicted octanol–water partition coefficient (Wildman–Crippen LogP) is 3.47. The molecule has 0 aliphatic carbocycles. The molecule has 0 fully saturated rings. The topological polar surface area (TPSA) is 25.8 Å². The third kappa shape index (κ3) is 2.58. The smallest absolute Gasteiger partial charge is 0.159 e. The number of hydrogen-bond acceptors (Lipinski definition) is 2. The first-order chi connectivity index (χ1) is 8.10. The minimum atomic E-state index is -0.897. The van der Waals surface area contributed by atoms with Gasteiger partial charge < -0.3 is 0 Å². The quantitative estimate of drug-likeness (QED) is 0.767. The van der Waals surface area contributed by atoms with Gasteiger partial charge in [0.15, 0.2) is 11.6 Å². The highest BCUT2D eigenvalue weighted by Gasteiger charge is 2.07. The van der Waals surface area contributed by atoms with E-state index in [9.17, 15) is 8.78 Å². The van der Waals surface area contributed by atoms with Gasteiger partial charge in [0.25, 0.3) is 0 Å². The summed E-state index contributed by atoms with van der Waals surface area (Å²) in [5, 5.41) is 0. The molecular weight excluding hydrogens is 246 g/mol. The van der Waals surface area contributed by atoms with E-state index in [1.54, 1.807) is 13.0 Å². The number of benzene rings is 1. The van der Waals surface area contributed by atoms with Crippen LogP contribution in [0.25, 0.3) is 11.3 Å². The SMILES string of the molecule is Cc1cc(-c2ccc(F)c(F)c2)nc(CCl)n1. The fourth-order valence-electron chi connectivity index (χ4n) is 1.49. The number of aromatic nitrogens is 2. The van der Waals surface area contributed by atoms with Gasteiger partial charge in [0, 0.05) is 11.3 Å². The van der Waals surface area contributed by atoms with Crippen molar-refractivity contribution in [2.75, 3.05) is 0 Å². The van der Waals surface area contributed by atoms with Crippen LogP contribution >= 0.6 is 11.6 Å². The van der Waals surface area contributed by atoms with E-state index >= 15 is 0 Å². The second kappa shape index (κ2) is 4.75. The van der Waals surface area contributed by atoms with Gasteiger partial charge >= 0.3 is 0 Å². The lowest BCUT2D eigenvalue weighted by Gasteiger charge is -2.04. The maximum atomic E-state index is 13.1. The van der Waals surface area contributed by atoms with E-state index in [4.69, 9.17) is 11.6 Å². The van der Waals surface area contributed by atoms with Gasteiger partial charge in [-0.3, -0.25) is 0 Å². The summed E-state index contributed by atoms with van der Waals surface area (Å²) >= 11 is 5.66. The second-order valence-electron chi connectivity index (χ2n) is 3.57. The molecule has 2 rings (SSSR count). The predicted molar refractivity (Wildman–Crippen MR) is 61.7 cm³/mol. The standard InChI is InChI=1S/C12H9ClF2N2/c1-7-4-11(17-12(6-13)16-7)8-2-3-9(14)10(15)5-8/h2-5H,6H2,1H3. The minimum Gasteiger partial charge on any atom is -0.237 e. The molecule has 0 atom stereocenters. The molecule has 0 spiro atoms. The molecule has 0 N–H and O–H groups in total. The van der Waals surface area contributed by atoms with Gasteiger partial charge in [-0.25, -0.2) is 18.7 Å². The molecule has 2 nitrogen and oxygen atoms in total. The van der Waals surface area contributed by atoms with Crippen molar-refractivity contribution in [3.8, 4) is 11.3 Å². The van der Waals surface area contributed by atoms with Crippen molar-refractivity contribution in [3.63, 3.8) is 0 Å². The Bertz CT molecular complexity index is 558. The number of rotatable bonds is 2. The van der Waals surface area contributed by atoms with Gasteiger partial charge in [-0.2, -0.15) is 0 Å². The molecule has 0 bridgehead atoms. The van der Waals surface area contributed by atoms with Crippen LogP contribution in [0.3, 0.4) is 0 Å². The summed E-state index contributed by atoms with van der Waals surface area (Å²) in [4.78, 5) is 8.27. The van der Waals surface area contributed by atoms with Gasteiger partial charge in [0.05, 0.1) is 11.6 Å². The monoisotopic (exact) mass is 254 g/mol. The van der Waals surface area contributed by atoms with Crippen molar-refractivity contribution in [2.45, 2.75) is 12.8 Å². The third-order valence-electron chi connectivity index (χ3n) is 2.24. The molecular formula is C12H9ClF2N2. The lowest BCUT2D eigenvalue weighted by molar-refractivity contribution is 0.509. The Labute approximate surface area is 102 Å². The van der Waals surface area contributed by atoms with Crippen LogP contribution in [-0.4, -0.2) is 9.97 Å². The first-order valence-electron chi connectivity index (χ1n) is 4.96. The van der Waals surface area contributed by atoms with Crippen LogP contribution in [0.4, 0.5) is 8.78 Å². The number of alkyl halides is 1. The minimum absolute atomic E-state index is 0.179. The lowest BCUT2D eigenvalue weighted by Crippen LogP contribution is -1.97. The molecule has 2 aromatic rings. The molecule has 0 aliphatic heterocycles. The molecule has 88 valence electrons. The number of halogens is 3. The molecule has 1 heterocycles. The average Bonchev–Trinajstić information content (AvgIpc) is 2.32. The van der Waals surface area contributed by atoms with E-state index in [1.165, 1.54) is 6.07 Å². The van der Waals surface area contributed by atoms with Crippen molar-refractivity contribution < 1.29 is 8.78 Å². The van der Waals surface area contributed by atoms with E-state index in [1.807, 2.05) is 0 Å². The summed E-state index contributed by atoms with van der Waals surface area (Å²) in [5.74, 6) is -1.13. The Morgan fingerprint density at radius 2 is 1.88 bits per heavy atom. The first-order valence-corrected chi connectivity index (χ1v) is 5.49. The van der Waals surface area contributed by atoms with Crippen LogP contribution in [0.2, 0.25) is 0 Å². The summed E-state index contributed by atoms with van der Waals surface area (Å²) in [5.41, 5.74) is 1.77. The average molecular weight is 255 g/mol. The zero-order valence-corrected chi connectivity index (χ0v) is 9.80. The Morgan fingerprint density at radius 1 is 1.12 bits per heavy atom. The zero-order chi connectivity index (χ0) is 12.4. The summed E-state index contributed by atoms with van der Waals surface area (Å²) in [6.07, 6.45) is 0. The van der Waals surface area contributed by atoms with Gasteiger partial charge in [0.1, 0.15) is 5.82 Å². The van der Waals surface area contributed by atoms with Crippen LogP contribution in [0.5, 0.6) is 0 Å². The van der Waals surface area contributed by atoms with Crippen molar-refractivity contribution >= 4 is 11.6 Å². The van der Waals surface area contributed by atoms with Gasteiger partial charge in [-0.15, -0.1) is 11.6 Å². The van der Waals surface area contributed by atoms with Crippen molar-refractivity contribution in [2.24, 2.45) is 0 Å². The van der Waals surface area contributed by atoms with Crippen LogP contribution in [-0.2, 0) is 5.88 Å². The summed E-state index contributed by atoms with van der Waals surface area (Å²) in [7, 11) is 0. The highest BCUT2D eigenvalue weighted by Crippen LogP contribution is 2.20. The summed E-state index contributed by atoms with van der Waals surface area (Å²) in [6.45, 7) is 1.79. The molecule has 1 aromatic carbocycles. The van der Waals surface area contributed by atoms with Crippen molar-refractivity contribution in [3.05, 3.63) is 47.4 Å². The maximum Gasteiger partial charge on any atom is 0.159 e. The normalized spacial score (nSPS) is 10.6. The van der Waals surface area contributed by atoms with Gasteiger partial charge in [-0.05, 0) is 31.2 Å². The Kier molecular flexibility index (Phi) is 3.33. The highest BCUT2D eigenvalue weighted by molar-refractivity contribution is 6.16. The van der Waals surface area contributed by atoms with Crippen LogP contribution in [0, 0.1) is 18.6 Å². The van der Waals surface area contributed by atoms with Crippen LogP contribution in [0.1, 0.15) is 11.5 Å². The van der Waals surface area contributed by atoms with E-state index in [2.05, 4.69) is 9.97 Å². The molecule has 17 heavy (non-hydrogen) atoms. The van der Waals surface area contributed by atoms with E-state index < -0.39 is 11.6 Å². The summed E-state index contributed by atoms with van der Waals surface area (Å²) < 4.78 is 25.9. The number of nitrogens with zero attached hydrogens (tertiary/aromatic N) is 2. The fourth-order valence-corrected chi connectivity index (χ4v) is 1.61. The van der Waals surface area contributed by atoms with E-state index in [-0.39, 0.29) is 5.88 Å². The molecule has 0 unspecified atom stereocenters. The second-order valence-corrected chi connectivity index (χ2v) is 3.84. The number of hydrogen-bond donors (Lipinski definition) is 0. The van der Waals surface area contributed by atoms with Gasteiger partial charge in [0.2, 0.25) is 0 Å². The Balaban J connectivity index is 2.52. The lowest BCUT2D eigenvalue weighted by atomic mass is 10.1. The third-order valence-corrected chi connectivity index (χ3v) is 2.47. The molecule has 0 aliphatic rings. The van der Waals surface area contributed by atoms with E-state index in [0.717, 1.165) is 17.8 Å². The maximum absolute atomic E-state index is 13.1. The molecule has 0 saturated carbocycles. The highest BCUT2D eigenvalue weighted by atomic mass is 35.5. The largest absolute Gasteiger partial charge is 0.237 e. The Morgan fingerprint density at radius 3 is 2.53 bits per heavy atom. The van der Waals surface area contributed by atoms with Gasteiger partial charge in [-0.1, -0.05) is 0 Å². The molecule has 0 amide bonds. The Hall–Kier alpha value is -1.55. The number of aryl methyl sites for hydroxylation is 1.